The Hall–Kier alpha value is -0.800. The second-order valence-electron chi connectivity index (χ2n) is 4.67. The van der Waals surface area contributed by atoms with E-state index in [0.29, 0.717) is 15.8 Å². The van der Waals surface area contributed by atoms with Gasteiger partial charge in [0.05, 0.1) is 10.5 Å². The molecule has 0 bridgehead atoms. The molecule has 3 rings (SSSR count). The summed E-state index contributed by atoms with van der Waals surface area (Å²) in [7, 11) is 0. The van der Waals surface area contributed by atoms with E-state index in [1.165, 1.54) is 25.7 Å². The summed E-state index contributed by atoms with van der Waals surface area (Å²) in [5, 5.41) is 0.785. The Morgan fingerprint density at radius 3 is 2.76 bits per heavy atom. The highest BCUT2D eigenvalue weighted by molar-refractivity contribution is 6.41. The average Bonchev–Trinajstić information content (AvgIpc) is 2.89. The third-order valence-electron chi connectivity index (χ3n) is 3.39. The molecule has 90 valence electrons. The van der Waals surface area contributed by atoms with E-state index in [9.17, 15) is 0 Å². The van der Waals surface area contributed by atoms with Gasteiger partial charge < -0.3 is 4.98 Å². The summed E-state index contributed by atoms with van der Waals surface area (Å²) < 4.78 is 0. The summed E-state index contributed by atoms with van der Waals surface area (Å²) in [4.78, 5) is 11.9. The minimum Gasteiger partial charge on any atom is -0.341 e. The van der Waals surface area contributed by atoms with E-state index in [2.05, 4.69) is 15.0 Å². The zero-order valence-electron chi connectivity index (χ0n) is 9.34. The van der Waals surface area contributed by atoms with E-state index in [-0.39, 0.29) is 0 Å². The Bertz CT molecular complexity index is 505. The van der Waals surface area contributed by atoms with E-state index < -0.39 is 0 Å². The summed E-state index contributed by atoms with van der Waals surface area (Å²) in [6.07, 6.45) is 6.32. The molecule has 2 aromatic heterocycles. The maximum absolute atomic E-state index is 5.92. The second kappa shape index (κ2) is 4.46. The zero-order valence-corrected chi connectivity index (χ0v) is 10.9. The fraction of sp³-hybridized carbons (Fsp3) is 0.500. The zero-order chi connectivity index (χ0) is 11.8. The monoisotopic (exact) mass is 269 g/mol. The van der Waals surface area contributed by atoms with Gasteiger partial charge in [0, 0.05) is 6.42 Å². The number of pyridine rings is 1. The molecule has 0 atom stereocenters. The van der Waals surface area contributed by atoms with E-state index >= 15 is 0 Å². The van der Waals surface area contributed by atoms with Crippen molar-refractivity contribution < 1.29 is 0 Å². The number of rotatable bonds is 2. The van der Waals surface area contributed by atoms with Crippen LogP contribution in [-0.2, 0) is 6.42 Å². The minimum absolute atomic E-state index is 0.318. The molecule has 0 radical (unpaired) electrons. The van der Waals surface area contributed by atoms with E-state index in [1.807, 2.05) is 0 Å². The van der Waals surface area contributed by atoms with Crippen LogP contribution in [0.25, 0.3) is 11.2 Å². The molecular formula is C12H13Cl2N3. The molecule has 1 saturated carbocycles. The standard InChI is InChI=1S/C12H13Cl2N3/c13-8-6-9-12(17-11(8)14)16-10(15-9)5-7-3-1-2-4-7/h6-7H,1-5H2,(H,15,16,17). The molecule has 1 N–H and O–H groups in total. The predicted molar refractivity (Wildman–Crippen MR) is 69.6 cm³/mol. The van der Waals surface area contributed by atoms with Crippen molar-refractivity contribution in [3.05, 3.63) is 22.1 Å². The SMILES string of the molecule is Clc1cc2[nH]c(CC3CCCC3)nc2nc1Cl. The summed E-state index contributed by atoms with van der Waals surface area (Å²) >= 11 is 11.8. The molecule has 0 amide bonds. The number of nitrogens with one attached hydrogen (secondary N) is 1. The largest absolute Gasteiger partial charge is 0.341 e. The third kappa shape index (κ3) is 2.26. The van der Waals surface area contributed by atoms with Gasteiger partial charge in [0.15, 0.2) is 5.65 Å². The summed E-state index contributed by atoms with van der Waals surface area (Å²) in [5.74, 6) is 1.76. The topological polar surface area (TPSA) is 41.6 Å². The first-order chi connectivity index (χ1) is 8.22. The maximum Gasteiger partial charge on any atom is 0.179 e. The van der Waals surface area contributed by atoms with Crippen molar-refractivity contribution in [1.29, 1.82) is 0 Å². The van der Waals surface area contributed by atoms with Crippen LogP contribution < -0.4 is 0 Å². The van der Waals surface area contributed by atoms with Gasteiger partial charge in [-0.15, -0.1) is 0 Å². The fourth-order valence-corrected chi connectivity index (χ4v) is 2.82. The molecule has 3 nitrogen and oxygen atoms in total. The number of halogens is 2. The van der Waals surface area contributed by atoms with Crippen molar-refractivity contribution in [2.75, 3.05) is 0 Å². The van der Waals surface area contributed by atoms with Crippen molar-refractivity contribution in [2.45, 2.75) is 32.1 Å². The lowest BCUT2D eigenvalue weighted by molar-refractivity contribution is 0.534. The number of H-pyrrole nitrogens is 1. The Balaban J connectivity index is 1.90. The average molecular weight is 270 g/mol. The molecule has 0 aromatic carbocycles. The molecule has 1 aliphatic carbocycles. The molecule has 0 spiro atoms. The van der Waals surface area contributed by atoms with Crippen LogP contribution in [0.4, 0.5) is 0 Å². The first-order valence-corrected chi connectivity index (χ1v) is 6.68. The van der Waals surface area contributed by atoms with Gasteiger partial charge in [-0.2, -0.15) is 0 Å². The van der Waals surface area contributed by atoms with Gasteiger partial charge in [0.25, 0.3) is 0 Å². The number of fused-ring (bicyclic) bond motifs is 1. The second-order valence-corrected chi connectivity index (χ2v) is 5.44. The summed E-state index contributed by atoms with van der Waals surface area (Å²) in [6.45, 7) is 0. The van der Waals surface area contributed by atoms with Crippen LogP contribution in [0.1, 0.15) is 31.5 Å². The van der Waals surface area contributed by atoms with Crippen molar-refractivity contribution in [3.63, 3.8) is 0 Å². The fourth-order valence-electron chi connectivity index (χ4n) is 2.53. The first kappa shape index (κ1) is 11.3. The number of nitrogens with zero attached hydrogens (tertiary/aromatic N) is 2. The molecule has 1 aliphatic rings. The van der Waals surface area contributed by atoms with Crippen LogP contribution in [0, 0.1) is 5.92 Å². The number of aromatic nitrogens is 3. The highest BCUT2D eigenvalue weighted by Gasteiger charge is 2.17. The lowest BCUT2D eigenvalue weighted by atomic mass is 10.0. The summed E-state index contributed by atoms with van der Waals surface area (Å²) in [6, 6.07) is 1.79. The molecule has 2 aromatic rings. The van der Waals surface area contributed by atoms with E-state index in [1.54, 1.807) is 6.07 Å². The Morgan fingerprint density at radius 1 is 1.24 bits per heavy atom. The van der Waals surface area contributed by atoms with Gasteiger partial charge in [-0.25, -0.2) is 9.97 Å². The van der Waals surface area contributed by atoms with Crippen LogP contribution in [-0.4, -0.2) is 15.0 Å². The van der Waals surface area contributed by atoms with Crippen molar-refractivity contribution in [1.82, 2.24) is 15.0 Å². The van der Waals surface area contributed by atoms with Crippen LogP contribution in [0.15, 0.2) is 6.07 Å². The van der Waals surface area contributed by atoms with Crippen molar-refractivity contribution >= 4 is 34.4 Å². The lowest BCUT2D eigenvalue weighted by Crippen LogP contribution is -2.00. The number of hydrogen-bond acceptors (Lipinski definition) is 2. The van der Waals surface area contributed by atoms with Crippen LogP contribution in [0.5, 0.6) is 0 Å². The highest BCUT2D eigenvalue weighted by Crippen LogP contribution is 2.28. The van der Waals surface area contributed by atoms with Gasteiger partial charge in [0.1, 0.15) is 11.0 Å². The quantitative estimate of drug-likeness (QED) is 0.838. The highest BCUT2D eigenvalue weighted by atomic mass is 35.5. The van der Waals surface area contributed by atoms with Gasteiger partial charge in [-0.3, -0.25) is 0 Å². The molecule has 2 heterocycles. The van der Waals surface area contributed by atoms with Gasteiger partial charge in [0.2, 0.25) is 0 Å². The molecular weight excluding hydrogens is 257 g/mol. The van der Waals surface area contributed by atoms with Crippen LogP contribution in [0.3, 0.4) is 0 Å². The molecule has 0 saturated heterocycles. The Kier molecular flexibility index (Phi) is 2.97. The third-order valence-corrected chi connectivity index (χ3v) is 4.06. The number of imidazole rings is 1. The molecule has 1 fully saturated rings. The van der Waals surface area contributed by atoms with Crippen molar-refractivity contribution in [3.8, 4) is 0 Å². The first-order valence-electron chi connectivity index (χ1n) is 5.93. The number of hydrogen-bond donors (Lipinski definition) is 1. The minimum atomic E-state index is 0.318. The maximum atomic E-state index is 5.92. The van der Waals surface area contributed by atoms with Gasteiger partial charge >= 0.3 is 0 Å². The summed E-state index contributed by atoms with van der Waals surface area (Å²) in [5.41, 5.74) is 1.53. The molecule has 0 unspecified atom stereocenters. The number of aromatic amines is 1. The van der Waals surface area contributed by atoms with E-state index in [0.717, 1.165) is 23.7 Å². The van der Waals surface area contributed by atoms with Crippen LogP contribution >= 0.6 is 23.2 Å². The predicted octanol–water partition coefficient (Wildman–Crippen LogP) is 4.00. The van der Waals surface area contributed by atoms with Crippen molar-refractivity contribution in [2.24, 2.45) is 5.92 Å². The van der Waals surface area contributed by atoms with Gasteiger partial charge in [-0.1, -0.05) is 48.9 Å². The Morgan fingerprint density at radius 2 is 2.00 bits per heavy atom. The van der Waals surface area contributed by atoms with Gasteiger partial charge in [-0.05, 0) is 12.0 Å². The lowest BCUT2D eigenvalue weighted by Gasteiger charge is -2.04. The van der Waals surface area contributed by atoms with Crippen LogP contribution in [0.2, 0.25) is 10.2 Å². The van der Waals surface area contributed by atoms with E-state index in [4.69, 9.17) is 23.2 Å². The Labute approximate surface area is 110 Å². The normalized spacial score (nSPS) is 17.1. The molecule has 17 heavy (non-hydrogen) atoms. The molecule has 5 heteroatoms. The smallest absolute Gasteiger partial charge is 0.179 e. The molecule has 0 aliphatic heterocycles.